The van der Waals surface area contributed by atoms with Gasteiger partial charge in [-0.05, 0) is 30.9 Å². The molecule has 0 amide bonds. The lowest BCUT2D eigenvalue weighted by atomic mass is 10.0. The molecule has 0 radical (unpaired) electrons. The number of hydrogen-bond acceptors (Lipinski definition) is 4. The van der Waals surface area contributed by atoms with Gasteiger partial charge >= 0.3 is 6.18 Å². The fourth-order valence-corrected chi connectivity index (χ4v) is 3.35. The van der Waals surface area contributed by atoms with Gasteiger partial charge in [-0.25, -0.2) is 0 Å². The summed E-state index contributed by atoms with van der Waals surface area (Å²) in [6, 6.07) is 5.22. The minimum atomic E-state index is -4.39. The molecule has 1 aromatic carbocycles. The van der Waals surface area contributed by atoms with E-state index in [4.69, 9.17) is 4.74 Å². The van der Waals surface area contributed by atoms with Crippen LogP contribution in [0.1, 0.15) is 30.2 Å². The fourth-order valence-electron chi connectivity index (χ4n) is 3.35. The van der Waals surface area contributed by atoms with Gasteiger partial charge in [-0.15, -0.1) is 0 Å². The third-order valence-corrected chi connectivity index (χ3v) is 4.86. The predicted octanol–water partition coefficient (Wildman–Crippen LogP) is 3.95. The Morgan fingerprint density at radius 2 is 1.96 bits per heavy atom. The summed E-state index contributed by atoms with van der Waals surface area (Å²) in [4.78, 5) is 11.1. The van der Waals surface area contributed by atoms with E-state index in [1.807, 2.05) is 0 Å². The molecule has 0 N–H and O–H groups in total. The van der Waals surface area contributed by atoms with Crippen LogP contribution in [0.25, 0.3) is 11.3 Å². The molecule has 4 nitrogen and oxygen atoms in total. The molecule has 1 aromatic heterocycles. The van der Waals surface area contributed by atoms with Crippen molar-refractivity contribution in [3.8, 4) is 11.3 Å². The third kappa shape index (κ3) is 3.88. The molecule has 1 aliphatic heterocycles. The number of nitrogens with zero attached hydrogens (tertiary/aromatic N) is 3. The minimum absolute atomic E-state index is 0.277. The van der Waals surface area contributed by atoms with Gasteiger partial charge in [0, 0.05) is 37.6 Å². The topological polar surface area (TPSA) is 38.2 Å². The Balaban J connectivity index is 1.62. The van der Waals surface area contributed by atoms with Gasteiger partial charge in [-0.3, -0.25) is 14.9 Å². The molecule has 0 bridgehead atoms. The first-order chi connectivity index (χ1) is 12.5. The molecule has 4 rings (SSSR count). The van der Waals surface area contributed by atoms with Crippen molar-refractivity contribution in [2.75, 3.05) is 26.2 Å². The summed E-state index contributed by atoms with van der Waals surface area (Å²) in [5.74, 6) is 0.776. The largest absolute Gasteiger partial charge is 0.416 e. The van der Waals surface area contributed by atoms with Crippen molar-refractivity contribution in [2.45, 2.75) is 25.1 Å². The lowest BCUT2D eigenvalue weighted by Crippen LogP contribution is -2.39. The smallest absolute Gasteiger partial charge is 0.369 e. The first-order valence-electron chi connectivity index (χ1n) is 8.83. The van der Waals surface area contributed by atoms with E-state index in [9.17, 15) is 13.2 Å². The van der Waals surface area contributed by atoms with E-state index < -0.39 is 11.7 Å². The number of rotatable bonds is 4. The Labute approximate surface area is 150 Å². The summed E-state index contributed by atoms with van der Waals surface area (Å²) in [5.41, 5.74) is 0.779. The van der Waals surface area contributed by atoms with Gasteiger partial charge in [0.05, 0.1) is 23.6 Å². The van der Waals surface area contributed by atoms with Crippen molar-refractivity contribution in [1.82, 2.24) is 14.9 Å². The number of benzene rings is 1. The van der Waals surface area contributed by atoms with Crippen LogP contribution in [0.2, 0.25) is 0 Å². The average molecular weight is 363 g/mol. The van der Waals surface area contributed by atoms with Crippen LogP contribution >= 0.6 is 0 Å². The Morgan fingerprint density at radius 1 is 1.15 bits per heavy atom. The molecule has 26 heavy (non-hydrogen) atoms. The zero-order valence-electron chi connectivity index (χ0n) is 14.2. The lowest BCUT2D eigenvalue weighted by Gasteiger charge is -2.33. The third-order valence-electron chi connectivity index (χ3n) is 4.86. The zero-order chi connectivity index (χ0) is 18.1. The molecule has 7 heteroatoms. The van der Waals surface area contributed by atoms with Crippen molar-refractivity contribution in [3.05, 3.63) is 47.9 Å². The van der Waals surface area contributed by atoms with E-state index >= 15 is 0 Å². The number of halogens is 3. The summed E-state index contributed by atoms with van der Waals surface area (Å²) in [6.07, 6.45) is 0.965. The maximum atomic E-state index is 13.0. The van der Waals surface area contributed by atoms with Gasteiger partial charge in [0.1, 0.15) is 6.10 Å². The van der Waals surface area contributed by atoms with Crippen LogP contribution in [0, 0.1) is 5.92 Å². The number of morpholine rings is 1. The minimum Gasteiger partial charge on any atom is -0.369 e. The normalized spacial score (nSPS) is 21.7. The van der Waals surface area contributed by atoms with Crippen LogP contribution in [0.15, 0.2) is 36.7 Å². The average Bonchev–Trinajstić information content (AvgIpc) is 3.45. The molecular weight excluding hydrogens is 343 g/mol. The van der Waals surface area contributed by atoms with Crippen LogP contribution in [-0.2, 0) is 10.9 Å². The van der Waals surface area contributed by atoms with Gasteiger partial charge in [0.2, 0.25) is 0 Å². The van der Waals surface area contributed by atoms with Gasteiger partial charge in [-0.1, -0.05) is 12.1 Å². The van der Waals surface area contributed by atoms with Crippen LogP contribution in [0.3, 0.4) is 0 Å². The molecule has 2 heterocycles. The van der Waals surface area contributed by atoms with E-state index in [-0.39, 0.29) is 6.10 Å². The summed E-state index contributed by atoms with van der Waals surface area (Å²) in [7, 11) is 0. The summed E-state index contributed by atoms with van der Waals surface area (Å²) < 4.78 is 45.0. The number of aromatic nitrogens is 2. The quantitative estimate of drug-likeness (QED) is 0.825. The van der Waals surface area contributed by atoms with E-state index in [2.05, 4.69) is 14.9 Å². The summed E-state index contributed by atoms with van der Waals surface area (Å²) in [5, 5.41) is 0. The zero-order valence-corrected chi connectivity index (χ0v) is 14.2. The molecule has 1 unspecified atom stereocenters. The molecule has 1 aliphatic carbocycles. The van der Waals surface area contributed by atoms with E-state index in [0.29, 0.717) is 30.1 Å². The molecule has 0 spiro atoms. The fraction of sp³-hybridized carbons (Fsp3) is 0.474. The maximum absolute atomic E-state index is 13.0. The van der Waals surface area contributed by atoms with Gasteiger partial charge in [0.25, 0.3) is 0 Å². The number of hydrogen-bond donors (Lipinski definition) is 0. The molecule has 1 atom stereocenters. The van der Waals surface area contributed by atoms with Crippen molar-refractivity contribution in [2.24, 2.45) is 5.92 Å². The number of ether oxygens (including phenoxy) is 1. The molecule has 2 aliphatic rings. The highest BCUT2D eigenvalue weighted by Crippen LogP contribution is 2.35. The van der Waals surface area contributed by atoms with Crippen LogP contribution in [0.4, 0.5) is 13.2 Å². The second kappa shape index (κ2) is 6.96. The van der Waals surface area contributed by atoms with Gasteiger partial charge in [0.15, 0.2) is 0 Å². The molecule has 1 saturated heterocycles. The Kier molecular flexibility index (Phi) is 4.67. The van der Waals surface area contributed by atoms with E-state index in [1.165, 1.54) is 25.1 Å². The summed E-state index contributed by atoms with van der Waals surface area (Å²) >= 11 is 0. The Morgan fingerprint density at radius 3 is 2.73 bits per heavy atom. The molecule has 1 saturated carbocycles. The monoisotopic (exact) mass is 363 g/mol. The Hall–Kier alpha value is -1.99. The van der Waals surface area contributed by atoms with Crippen LogP contribution in [-0.4, -0.2) is 41.1 Å². The highest BCUT2D eigenvalue weighted by Gasteiger charge is 2.32. The first-order valence-corrected chi connectivity index (χ1v) is 8.83. The van der Waals surface area contributed by atoms with Crippen molar-refractivity contribution in [1.29, 1.82) is 0 Å². The van der Waals surface area contributed by atoms with Crippen molar-refractivity contribution >= 4 is 0 Å². The van der Waals surface area contributed by atoms with Gasteiger partial charge in [-0.2, -0.15) is 13.2 Å². The van der Waals surface area contributed by atoms with E-state index in [0.717, 1.165) is 31.1 Å². The highest BCUT2D eigenvalue weighted by molar-refractivity contribution is 5.63. The lowest BCUT2D eigenvalue weighted by molar-refractivity contribution is -0.137. The SMILES string of the molecule is FC(F)(F)c1cccc(-c2nccnc2C2CN(CC3CC3)CCO2)c1. The summed E-state index contributed by atoms with van der Waals surface area (Å²) in [6.45, 7) is 3.22. The standard InChI is InChI=1S/C19H20F3N3O/c20-19(21,22)15-3-1-2-14(10-15)17-18(24-7-6-23-17)16-12-25(8-9-26-16)11-13-4-5-13/h1-3,6-7,10,13,16H,4-5,8-9,11-12H2. The van der Waals surface area contributed by atoms with E-state index in [1.54, 1.807) is 12.3 Å². The molecular formula is C19H20F3N3O. The molecule has 2 fully saturated rings. The highest BCUT2D eigenvalue weighted by atomic mass is 19.4. The van der Waals surface area contributed by atoms with Crippen LogP contribution in [0.5, 0.6) is 0 Å². The molecule has 2 aromatic rings. The first kappa shape index (κ1) is 17.4. The maximum Gasteiger partial charge on any atom is 0.416 e. The second-order valence-electron chi connectivity index (χ2n) is 6.93. The molecule has 138 valence electrons. The van der Waals surface area contributed by atoms with Crippen molar-refractivity contribution < 1.29 is 17.9 Å². The van der Waals surface area contributed by atoms with Gasteiger partial charge < -0.3 is 4.74 Å². The Bertz CT molecular complexity index is 777. The predicted molar refractivity (Wildman–Crippen MR) is 90.3 cm³/mol. The second-order valence-corrected chi connectivity index (χ2v) is 6.93. The van der Waals surface area contributed by atoms with Crippen LogP contribution < -0.4 is 0 Å². The van der Waals surface area contributed by atoms with Crippen molar-refractivity contribution in [3.63, 3.8) is 0 Å². The number of alkyl halides is 3.